The third-order valence-electron chi connectivity index (χ3n) is 3.14. The first-order valence-corrected chi connectivity index (χ1v) is 8.06. The van der Waals surface area contributed by atoms with Crippen LogP contribution in [0.3, 0.4) is 0 Å². The molecule has 1 unspecified atom stereocenters. The number of anilines is 1. The molecule has 0 bridgehead atoms. The molecule has 1 aromatic carbocycles. The van der Waals surface area contributed by atoms with Crippen LogP contribution in [-0.4, -0.2) is 23.3 Å². The molecule has 0 amide bonds. The lowest BCUT2D eigenvalue weighted by atomic mass is 10.1. The molecule has 106 valence electrons. The van der Waals surface area contributed by atoms with E-state index in [1.165, 1.54) is 11.8 Å². The number of rotatable bonds is 4. The Bertz CT molecular complexity index is 589. The molecule has 0 saturated heterocycles. The molecule has 3 nitrogen and oxygen atoms in total. The van der Waals surface area contributed by atoms with E-state index in [9.17, 15) is 0 Å². The standard InChI is InChI=1S/C14H15Cl2N3S/c1-9(10-4-6-11(15)7-5-10)19(2)13-8-12(16)17-14(18-13)20-3/h4-9H,1-3H3. The highest BCUT2D eigenvalue weighted by Crippen LogP contribution is 2.27. The van der Waals surface area contributed by atoms with Gasteiger partial charge in [-0.3, -0.25) is 0 Å². The van der Waals surface area contributed by atoms with Crippen molar-refractivity contribution in [1.29, 1.82) is 0 Å². The molecule has 2 rings (SSSR count). The van der Waals surface area contributed by atoms with Gasteiger partial charge in [-0.05, 0) is 30.9 Å². The average molecular weight is 328 g/mol. The minimum atomic E-state index is 0.160. The van der Waals surface area contributed by atoms with E-state index in [2.05, 4.69) is 21.8 Å². The van der Waals surface area contributed by atoms with Crippen LogP contribution in [0.1, 0.15) is 18.5 Å². The molecule has 6 heteroatoms. The number of nitrogens with zero attached hydrogens (tertiary/aromatic N) is 3. The fourth-order valence-electron chi connectivity index (χ4n) is 1.82. The number of thioether (sulfide) groups is 1. The number of benzene rings is 1. The van der Waals surface area contributed by atoms with Gasteiger partial charge < -0.3 is 4.90 Å². The Labute approximate surface area is 133 Å². The highest BCUT2D eigenvalue weighted by Gasteiger charge is 2.15. The Balaban J connectivity index is 2.28. The van der Waals surface area contributed by atoms with Gasteiger partial charge in [0.05, 0.1) is 6.04 Å². The second-order valence-electron chi connectivity index (χ2n) is 4.37. The molecule has 0 saturated carbocycles. The van der Waals surface area contributed by atoms with Crippen molar-refractivity contribution in [1.82, 2.24) is 9.97 Å². The van der Waals surface area contributed by atoms with Crippen molar-refractivity contribution in [3.8, 4) is 0 Å². The van der Waals surface area contributed by atoms with E-state index >= 15 is 0 Å². The van der Waals surface area contributed by atoms with Crippen molar-refractivity contribution in [2.24, 2.45) is 0 Å². The average Bonchev–Trinajstić information content (AvgIpc) is 2.45. The number of halogens is 2. The van der Waals surface area contributed by atoms with Gasteiger partial charge in [0, 0.05) is 18.1 Å². The van der Waals surface area contributed by atoms with Crippen molar-refractivity contribution in [2.45, 2.75) is 18.1 Å². The molecule has 1 atom stereocenters. The summed E-state index contributed by atoms with van der Waals surface area (Å²) in [4.78, 5) is 10.7. The van der Waals surface area contributed by atoms with Crippen LogP contribution in [0.15, 0.2) is 35.5 Å². The monoisotopic (exact) mass is 327 g/mol. The quantitative estimate of drug-likeness (QED) is 0.462. The lowest BCUT2D eigenvalue weighted by molar-refractivity contribution is 0.719. The summed E-state index contributed by atoms with van der Waals surface area (Å²) in [5.74, 6) is 0.803. The summed E-state index contributed by atoms with van der Waals surface area (Å²) in [5.41, 5.74) is 1.16. The molecule has 0 radical (unpaired) electrons. The Hall–Kier alpha value is -0.970. The van der Waals surface area contributed by atoms with Crippen LogP contribution in [0.2, 0.25) is 10.2 Å². The van der Waals surface area contributed by atoms with E-state index in [-0.39, 0.29) is 6.04 Å². The van der Waals surface area contributed by atoms with Gasteiger partial charge in [-0.25, -0.2) is 9.97 Å². The summed E-state index contributed by atoms with van der Waals surface area (Å²) in [6.45, 7) is 2.11. The summed E-state index contributed by atoms with van der Waals surface area (Å²) in [6.07, 6.45) is 1.93. The maximum atomic E-state index is 6.04. The molecule has 0 aliphatic carbocycles. The maximum Gasteiger partial charge on any atom is 0.190 e. The molecule has 0 N–H and O–H groups in total. The van der Waals surface area contributed by atoms with E-state index < -0.39 is 0 Å². The summed E-state index contributed by atoms with van der Waals surface area (Å²) in [6, 6.07) is 9.74. The molecular formula is C14H15Cl2N3S. The number of aromatic nitrogens is 2. The Morgan fingerprint density at radius 2 is 1.80 bits per heavy atom. The van der Waals surface area contributed by atoms with Crippen LogP contribution < -0.4 is 4.90 Å². The third kappa shape index (κ3) is 3.57. The fourth-order valence-corrected chi connectivity index (χ4v) is 2.55. The van der Waals surface area contributed by atoms with Gasteiger partial charge in [-0.15, -0.1) is 0 Å². The SMILES string of the molecule is CSc1nc(Cl)cc(N(C)C(C)c2ccc(Cl)cc2)n1. The number of hydrogen-bond donors (Lipinski definition) is 0. The van der Waals surface area contributed by atoms with Gasteiger partial charge in [0.1, 0.15) is 11.0 Å². The predicted octanol–water partition coefficient (Wildman–Crippen LogP) is 4.70. The lowest BCUT2D eigenvalue weighted by Gasteiger charge is -2.26. The van der Waals surface area contributed by atoms with Crippen molar-refractivity contribution in [2.75, 3.05) is 18.2 Å². The van der Waals surface area contributed by atoms with E-state index in [1.54, 1.807) is 6.07 Å². The van der Waals surface area contributed by atoms with Crippen LogP contribution in [0.25, 0.3) is 0 Å². The van der Waals surface area contributed by atoms with Crippen LogP contribution in [0.5, 0.6) is 0 Å². The van der Waals surface area contributed by atoms with Crippen LogP contribution in [0.4, 0.5) is 5.82 Å². The normalized spacial score (nSPS) is 12.2. The van der Waals surface area contributed by atoms with E-state index in [0.717, 1.165) is 16.4 Å². The van der Waals surface area contributed by atoms with E-state index in [4.69, 9.17) is 23.2 Å². The summed E-state index contributed by atoms with van der Waals surface area (Å²) in [5, 5.41) is 1.86. The Morgan fingerprint density at radius 1 is 1.15 bits per heavy atom. The second-order valence-corrected chi connectivity index (χ2v) is 5.97. The summed E-state index contributed by atoms with van der Waals surface area (Å²) >= 11 is 13.4. The lowest BCUT2D eigenvalue weighted by Crippen LogP contribution is -2.23. The van der Waals surface area contributed by atoms with Gasteiger partial charge in [0.25, 0.3) is 0 Å². The van der Waals surface area contributed by atoms with Gasteiger partial charge in [-0.1, -0.05) is 47.1 Å². The summed E-state index contributed by atoms with van der Waals surface area (Å²) < 4.78 is 0. The smallest absolute Gasteiger partial charge is 0.190 e. The Kier molecular flexibility index (Phi) is 5.13. The van der Waals surface area contributed by atoms with Crippen molar-refractivity contribution in [3.05, 3.63) is 46.1 Å². The number of hydrogen-bond acceptors (Lipinski definition) is 4. The first-order valence-electron chi connectivity index (χ1n) is 6.08. The molecule has 2 aromatic rings. The first-order chi connectivity index (χ1) is 9.51. The maximum absolute atomic E-state index is 6.04. The van der Waals surface area contributed by atoms with Crippen LogP contribution in [0, 0.1) is 0 Å². The first kappa shape index (κ1) is 15.4. The minimum Gasteiger partial charge on any atom is -0.353 e. The fraction of sp³-hybridized carbons (Fsp3) is 0.286. The molecule has 20 heavy (non-hydrogen) atoms. The second kappa shape index (κ2) is 6.66. The summed E-state index contributed by atoms with van der Waals surface area (Å²) in [7, 11) is 1.99. The van der Waals surface area contributed by atoms with E-state index in [1.807, 2.05) is 37.6 Å². The molecule has 0 spiro atoms. The molecule has 0 fully saturated rings. The van der Waals surface area contributed by atoms with Gasteiger partial charge in [0.15, 0.2) is 5.16 Å². The highest BCUT2D eigenvalue weighted by atomic mass is 35.5. The van der Waals surface area contributed by atoms with Crippen molar-refractivity contribution < 1.29 is 0 Å². The molecular weight excluding hydrogens is 313 g/mol. The zero-order chi connectivity index (χ0) is 14.7. The topological polar surface area (TPSA) is 29.0 Å². The molecule has 0 aliphatic rings. The van der Waals surface area contributed by atoms with Crippen molar-refractivity contribution in [3.63, 3.8) is 0 Å². The highest BCUT2D eigenvalue weighted by molar-refractivity contribution is 7.98. The van der Waals surface area contributed by atoms with Gasteiger partial charge in [0.2, 0.25) is 0 Å². The van der Waals surface area contributed by atoms with Gasteiger partial charge in [-0.2, -0.15) is 0 Å². The van der Waals surface area contributed by atoms with Crippen LogP contribution >= 0.6 is 35.0 Å². The predicted molar refractivity (Wildman–Crippen MR) is 87.1 cm³/mol. The molecule has 1 heterocycles. The van der Waals surface area contributed by atoms with Gasteiger partial charge >= 0.3 is 0 Å². The zero-order valence-corrected chi connectivity index (χ0v) is 13.8. The van der Waals surface area contributed by atoms with Crippen LogP contribution in [-0.2, 0) is 0 Å². The van der Waals surface area contributed by atoms with E-state index in [0.29, 0.717) is 10.3 Å². The molecule has 1 aromatic heterocycles. The minimum absolute atomic E-state index is 0.160. The van der Waals surface area contributed by atoms with Crippen molar-refractivity contribution >= 4 is 40.8 Å². The third-order valence-corrected chi connectivity index (χ3v) is 4.13. The largest absolute Gasteiger partial charge is 0.353 e. The molecule has 0 aliphatic heterocycles. The Morgan fingerprint density at radius 3 is 2.40 bits per heavy atom. The zero-order valence-electron chi connectivity index (χ0n) is 11.5.